The number of rotatable bonds is 9. The maximum absolute atomic E-state index is 6.17. The number of aryl methyl sites for hydroxylation is 1. The van der Waals surface area contributed by atoms with Crippen molar-refractivity contribution in [2.45, 2.75) is 36.8 Å². The highest BCUT2D eigenvalue weighted by atomic mass is 127. The Morgan fingerprint density at radius 3 is 3.03 bits per heavy atom. The van der Waals surface area contributed by atoms with Crippen molar-refractivity contribution < 1.29 is 9.47 Å². The van der Waals surface area contributed by atoms with Crippen molar-refractivity contribution in [2.24, 2.45) is 4.99 Å². The molecule has 0 radical (unpaired) electrons. The Kier molecular flexibility index (Phi) is 11.1. The average Bonchev–Trinajstić information content (AvgIpc) is 3.39. The third-order valence-electron chi connectivity index (χ3n) is 4.32. The maximum Gasteiger partial charge on any atom is 0.191 e. The molecule has 2 N–H and O–H groups in total. The van der Waals surface area contributed by atoms with E-state index in [9.17, 15) is 0 Å². The zero-order valence-corrected chi connectivity index (χ0v) is 20.8. The van der Waals surface area contributed by atoms with Gasteiger partial charge in [-0.2, -0.15) is 0 Å². The number of guanidine groups is 1. The van der Waals surface area contributed by atoms with Gasteiger partial charge in [-0.3, -0.25) is 4.99 Å². The third-order valence-corrected chi connectivity index (χ3v) is 6.38. The summed E-state index contributed by atoms with van der Waals surface area (Å²) in [5.41, 5.74) is 2.32. The number of aromatic nitrogens is 1. The van der Waals surface area contributed by atoms with Crippen LogP contribution in [0.25, 0.3) is 0 Å². The molecule has 1 atom stereocenters. The molecular formula is C20H29IN4O2S2. The number of nitrogens with one attached hydrogen (secondary N) is 2. The molecule has 9 heteroatoms. The first-order valence-corrected chi connectivity index (χ1v) is 11.4. The van der Waals surface area contributed by atoms with Gasteiger partial charge in [-0.15, -0.1) is 35.3 Å². The van der Waals surface area contributed by atoms with Gasteiger partial charge in [-0.05, 0) is 25.0 Å². The smallest absolute Gasteiger partial charge is 0.191 e. The molecule has 1 aliphatic heterocycles. The van der Waals surface area contributed by atoms with E-state index in [0.29, 0.717) is 13.2 Å². The van der Waals surface area contributed by atoms with Gasteiger partial charge in [0.1, 0.15) is 16.2 Å². The average molecular weight is 549 g/mol. The molecule has 0 amide bonds. The topological polar surface area (TPSA) is 67.8 Å². The fourth-order valence-electron chi connectivity index (χ4n) is 2.82. The highest BCUT2D eigenvalue weighted by Gasteiger charge is 2.18. The standard InChI is InChI=1S/C20H28N4O2S2.HI/c1-15-4-5-16(18(12-15)26-17-6-9-25-14-17)13-24-19(21-2)22-7-3-10-27-20-23-8-11-28-20;/h4-5,8,11-12,17H,3,6-7,9-10,13-14H2,1-2H3,(H2,21,22,24);1H. The van der Waals surface area contributed by atoms with Crippen LogP contribution in [0.15, 0.2) is 39.1 Å². The lowest BCUT2D eigenvalue weighted by Crippen LogP contribution is -2.37. The minimum Gasteiger partial charge on any atom is -0.488 e. The lowest BCUT2D eigenvalue weighted by Gasteiger charge is -2.18. The van der Waals surface area contributed by atoms with E-state index in [-0.39, 0.29) is 30.1 Å². The molecule has 2 aromatic rings. The number of thioether (sulfide) groups is 1. The molecular weight excluding hydrogens is 519 g/mol. The van der Waals surface area contributed by atoms with Gasteiger partial charge in [0, 0.05) is 49.5 Å². The Morgan fingerprint density at radius 1 is 1.41 bits per heavy atom. The van der Waals surface area contributed by atoms with Crippen LogP contribution in [-0.4, -0.2) is 49.6 Å². The molecule has 1 saturated heterocycles. The summed E-state index contributed by atoms with van der Waals surface area (Å²) < 4.78 is 12.7. The maximum atomic E-state index is 6.17. The van der Waals surface area contributed by atoms with E-state index in [1.165, 1.54) is 5.56 Å². The zero-order valence-electron chi connectivity index (χ0n) is 16.8. The summed E-state index contributed by atoms with van der Waals surface area (Å²) in [5.74, 6) is 2.77. The predicted molar refractivity (Wildman–Crippen MR) is 132 cm³/mol. The van der Waals surface area contributed by atoms with E-state index in [4.69, 9.17) is 9.47 Å². The molecule has 29 heavy (non-hydrogen) atoms. The van der Waals surface area contributed by atoms with Crippen molar-refractivity contribution in [3.05, 3.63) is 40.9 Å². The Bertz CT molecular complexity index is 753. The Morgan fingerprint density at radius 2 is 2.31 bits per heavy atom. The van der Waals surface area contributed by atoms with Gasteiger partial charge >= 0.3 is 0 Å². The van der Waals surface area contributed by atoms with Gasteiger partial charge in [-0.1, -0.05) is 23.9 Å². The fraction of sp³-hybridized carbons (Fsp3) is 0.500. The number of nitrogens with zero attached hydrogens (tertiary/aromatic N) is 2. The number of halogens is 1. The highest BCUT2D eigenvalue weighted by Crippen LogP contribution is 2.24. The summed E-state index contributed by atoms with van der Waals surface area (Å²) in [6, 6.07) is 6.33. The monoisotopic (exact) mass is 548 g/mol. The molecule has 0 bridgehead atoms. The van der Waals surface area contributed by atoms with Crippen LogP contribution in [-0.2, 0) is 11.3 Å². The summed E-state index contributed by atoms with van der Waals surface area (Å²) >= 11 is 3.48. The predicted octanol–water partition coefficient (Wildman–Crippen LogP) is 4.08. The van der Waals surface area contributed by atoms with Gasteiger partial charge in [0.25, 0.3) is 0 Å². The molecule has 0 spiro atoms. The van der Waals surface area contributed by atoms with Crippen molar-refractivity contribution in [1.29, 1.82) is 0 Å². The fourth-order valence-corrected chi connectivity index (χ4v) is 4.47. The summed E-state index contributed by atoms with van der Waals surface area (Å²) in [6.07, 6.45) is 3.99. The number of hydrogen-bond acceptors (Lipinski definition) is 6. The number of ether oxygens (including phenoxy) is 2. The summed E-state index contributed by atoms with van der Waals surface area (Å²) in [5, 5.41) is 8.77. The Hall–Kier alpha value is -1.04. The van der Waals surface area contributed by atoms with Crippen LogP contribution in [0.2, 0.25) is 0 Å². The van der Waals surface area contributed by atoms with Gasteiger partial charge in [0.2, 0.25) is 0 Å². The van der Waals surface area contributed by atoms with Gasteiger partial charge in [0.05, 0.1) is 13.2 Å². The SMILES string of the molecule is CN=C(NCCCSc1nccs1)NCc1ccc(C)cc1OC1CCOC1.I. The Labute approximate surface area is 198 Å². The lowest BCUT2D eigenvalue weighted by atomic mass is 10.1. The first-order chi connectivity index (χ1) is 13.7. The molecule has 1 aliphatic rings. The van der Waals surface area contributed by atoms with Gasteiger partial charge in [0.15, 0.2) is 5.96 Å². The largest absolute Gasteiger partial charge is 0.488 e. The van der Waals surface area contributed by atoms with Crippen LogP contribution in [0, 0.1) is 6.92 Å². The second-order valence-electron chi connectivity index (χ2n) is 6.57. The molecule has 2 heterocycles. The highest BCUT2D eigenvalue weighted by molar-refractivity contribution is 14.0. The third kappa shape index (κ3) is 8.31. The minimum absolute atomic E-state index is 0. The summed E-state index contributed by atoms with van der Waals surface area (Å²) in [7, 11) is 1.79. The molecule has 0 aliphatic carbocycles. The molecule has 160 valence electrons. The van der Waals surface area contributed by atoms with Crippen LogP contribution >= 0.6 is 47.1 Å². The van der Waals surface area contributed by atoms with Crippen molar-refractivity contribution >= 4 is 53.0 Å². The second kappa shape index (κ2) is 13.3. The van der Waals surface area contributed by atoms with E-state index < -0.39 is 0 Å². The minimum atomic E-state index is 0. The van der Waals surface area contributed by atoms with Gasteiger partial charge in [-0.25, -0.2) is 4.98 Å². The first kappa shape index (κ1) is 24.2. The molecule has 6 nitrogen and oxygen atoms in total. The summed E-state index contributed by atoms with van der Waals surface area (Å²) in [4.78, 5) is 8.60. The molecule has 3 rings (SSSR count). The number of benzene rings is 1. The quantitative estimate of drug-likeness (QED) is 0.162. The van der Waals surface area contributed by atoms with Crippen LogP contribution < -0.4 is 15.4 Å². The van der Waals surface area contributed by atoms with Crippen molar-refractivity contribution in [3.63, 3.8) is 0 Å². The molecule has 1 unspecified atom stereocenters. The number of hydrogen-bond donors (Lipinski definition) is 2. The Balaban J connectivity index is 0.00000300. The van der Waals surface area contributed by atoms with Gasteiger partial charge < -0.3 is 20.1 Å². The molecule has 1 aromatic carbocycles. The molecule has 1 aromatic heterocycles. The van der Waals surface area contributed by atoms with Crippen LogP contribution in [0.1, 0.15) is 24.0 Å². The summed E-state index contributed by atoms with van der Waals surface area (Å²) in [6.45, 7) is 5.06. The second-order valence-corrected chi connectivity index (χ2v) is 8.80. The number of aliphatic imine (C=N–C) groups is 1. The van der Waals surface area contributed by atoms with E-state index in [1.807, 2.05) is 11.6 Å². The molecule has 0 saturated carbocycles. The van der Waals surface area contributed by atoms with Crippen LogP contribution in [0.4, 0.5) is 0 Å². The van der Waals surface area contributed by atoms with Crippen molar-refractivity contribution in [3.8, 4) is 5.75 Å². The van der Waals surface area contributed by atoms with E-state index >= 15 is 0 Å². The van der Waals surface area contributed by atoms with E-state index in [1.54, 1.807) is 30.1 Å². The number of thiazole rings is 1. The first-order valence-electron chi connectivity index (χ1n) is 9.55. The zero-order chi connectivity index (χ0) is 19.6. The normalized spacial score (nSPS) is 16.3. The molecule has 1 fully saturated rings. The lowest BCUT2D eigenvalue weighted by molar-refractivity contribution is 0.140. The van der Waals surface area contributed by atoms with Crippen LogP contribution in [0.5, 0.6) is 5.75 Å². The van der Waals surface area contributed by atoms with Crippen molar-refractivity contribution in [2.75, 3.05) is 32.6 Å². The van der Waals surface area contributed by atoms with Crippen molar-refractivity contribution in [1.82, 2.24) is 15.6 Å². The van der Waals surface area contributed by atoms with Crippen LogP contribution in [0.3, 0.4) is 0 Å². The van der Waals surface area contributed by atoms with E-state index in [2.05, 4.69) is 45.7 Å². The van der Waals surface area contributed by atoms with E-state index in [0.717, 1.165) is 53.4 Å².